The van der Waals surface area contributed by atoms with Gasteiger partial charge >= 0.3 is 0 Å². The third-order valence-corrected chi connectivity index (χ3v) is 3.51. The monoisotopic (exact) mass is 239 g/mol. The van der Waals surface area contributed by atoms with E-state index in [1.807, 2.05) is 18.5 Å². The molecule has 18 heavy (non-hydrogen) atoms. The summed E-state index contributed by atoms with van der Waals surface area (Å²) in [6.45, 7) is 2.93. The first-order chi connectivity index (χ1) is 8.90. The van der Waals surface area contributed by atoms with Crippen LogP contribution in [0.5, 0.6) is 0 Å². The molecule has 92 valence electrons. The third kappa shape index (κ3) is 1.93. The molecule has 1 atom stereocenters. The normalized spacial score (nSPS) is 17.7. The first kappa shape index (κ1) is 11.4. The van der Waals surface area contributed by atoms with Gasteiger partial charge in [-0.2, -0.15) is 0 Å². The number of fused-ring (bicyclic) bond motifs is 1. The van der Waals surface area contributed by atoms with E-state index in [9.17, 15) is 0 Å². The van der Waals surface area contributed by atoms with E-state index >= 15 is 0 Å². The molecule has 0 amide bonds. The summed E-state index contributed by atoms with van der Waals surface area (Å²) in [5.74, 6) is 0. The van der Waals surface area contributed by atoms with E-state index in [4.69, 9.17) is 4.74 Å². The van der Waals surface area contributed by atoms with Crippen LogP contribution >= 0.6 is 0 Å². The van der Waals surface area contributed by atoms with E-state index in [2.05, 4.69) is 36.2 Å². The molecule has 2 heteroatoms. The van der Waals surface area contributed by atoms with Crippen LogP contribution in [0.4, 0.5) is 0 Å². The summed E-state index contributed by atoms with van der Waals surface area (Å²) in [4.78, 5) is 4.20. The summed E-state index contributed by atoms with van der Waals surface area (Å²) in [6, 6.07) is 10.6. The fourth-order valence-electron chi connectivity index (χ4n) is 2.63. The Hall–Kier alpha value is -1.67. The van der Waals surface area contributed by atoms with Crippen LogP contribution in [0.15, 0.2) is 42.7 Å². The maximum atomic E-state index is 5.91. The molecular formula is C16H17NO. The van der Waals surface area contributed by atoms with E-state index in [-0.39, 0.29) is 6.10 Å². The summed E-state index contributed by atoms with van der Waals surface area (Å²) in [5.41, 5.74) is 5.14. The predicted molar refractivity (Wildman–Crippen MR) is 72.1 cm³/mol. The molecule has 1 aromatic carbocycles. The van der Waals surface area contributed by atoms with Crippen molar-refractivity contribution in [1.29, 1.82) is 0 Å². The van der Waals surface area contributed by atoms with Gasteiger partial charge in [0, 0.05) is 18.0 Å². The molecule has 2 aromatic rings. The summed E-state index contributed by atoms with van der Waals surface area (Å²) in [5, 5.41) is 0. The minimum atomic E-state index is 0.279. The van der Waals surface area contributed by atoms with E-state index in [1.165, 1.54) is 22.3 Å². The van der Waals surface area contributed by atoms with Crippen LogP contribution in [0.3, 0.4) is 0 Å². The van der Waals surface area contributed by atoms with Gasteiger partial charge in [-0.05, 0) is 29.2 Å². The number of pyridine rings is 1. The van der Waals surface area contributed by atoms with Crippen LogP contribution in [0.25, 0.3) is 11.1 Å². The number of rotatable bonds is 3. The molecule has 1 aromatic heterocycles. The Balaban J connectivity index is 2.04. The molecule has 2 heterocycles. The lowest BCUT2D eigenvalue weighted by molar-refractivity contribution is 0.0597. The highest BCUT2D eigenvalue weighted by atomic mass is 16.5. The quantitative estimate of drug-likeness (QED) is 0.803. The number of nitrogens with zero attached hydrogens (tertiary/aromatic N) is 1. The molecule has 0 aliphatic carbocycles. The topological polar surface area (TPSA) is 22.1 Å². The smallest absolute Gasteiger partial charge is 0.0833 e. The van der Waals surface area contributed by atoms with Gasteiger partial charge in [-0.1, -0.05) is 37.6 Å². The molecule has 1 aliphatic rings. The van der Waals surface area contributed by atoms with Crippen molar-refractivity contribution in [2.75, 3.05) is 0 Å². The lowest BCUT2D eigenvalue weighted by atomic mass is 9.95. The summed E-state index contributed by atoms with van der Waals surface area (Å²) >= 11 is 0. The van der Waals surface area contributed by atoms with Crippen molar-refractivity contribution >= 4 is 0 Å². The van der Waals surface area contributed by atoms with Crippen molar-refractivity contribution in [3.63, 3.8) is 0 Å². The van der Waals surface area contributed by atoms with Gasteiger partial charge in [-0.3, -0.25) is 4.98 Å². The van der Waals surface area contributed by atoms with Gasteiger partial charge in [-0.15, -0.1) is 0 Å². The zero-order valence-corrected chi connectivity index (χ0v) is 10.6. The summed E-state index contributed by atoms with van der Waals surface area (Å²) in [7, 11) is 0. The fourth-order valence-corrected chi connectivity index (χ4v) is 2.63. The van der Waals surface area contributed by atoms with E-state index in [0.717, 1.165) is 19.4 Å². The van der Waals surface area contributed by atoms with E-state index in [1.54, 1.807) is 0 Å². The number of hydrogen-bond acceptors (Lipinski definition) is 2. The third-order valence-electron chi connectivity index (χ3n) is 3.51. The number of aromatic nitrogens is 1. The molecular weight excluding hydrogens is 222 g/mol. The van der Waals surface area contributed by atoms with Crippen LogP contribution in [0.2, 0.25) is 0 Å². The van der Waals surface area contributed by atoms with Gasteiger partial charge in [0.15, 0.2) is 0 Å². The lowest BCUT2D eigenvalue weighted by Crippen LogP contribution is -1.94. The highest BCUT2D eigenvalue weighted by molar-refractivity contribution is 5.68. The first-order valence-corrected chi connectivity index (χ1v) is 6.54. The zero-order chi connectivity index (χ0) is 12.4. The number of benzene rings is 1. The van der Waals surface area contributed by atoms with Crippen LogP contribution in [0, 0.1) is 0 Å². The Kier molecular flexibility index (Phi) is 3.11. The number of ether oxygens (including phenoxy) is 1. The van der Waals surface area contributed by atoms with Crippen LogP contribution < -0.4 is 0 Å². The highest BCUT2D eigenvalue weighted by Crippen LogP contribution is 2.38. The molecule has 0 spiro atoms. The molecule has 3 rings (SSSR count). The maximum Gasteiger partial charge on any atom is 0.0833 e. The van der Waals surface area contributed by atoms with E-state index < -0.39 is 0 Å². The van der Waals surface area contributed by atoms with Gasteiger partial charge in [0.2, 0.25) is 0 Å². The lowest BCUT2D eigenvalue weighted by Gasteiger charge is -2.10. The van der Waals surface area contributed by atoms with Crippen molar-refractivity contribution in [2.24, 2.45) is 0 Å². The Morgan fingerprint density at radius 2 is 2.22 bits per heavy atom. The Morgan fingerprint density at radius 1 is 1.28 bits per heavy atom. The van der Waals surface area contributed by atoms with Crippen molar-refractivity contribution < 1.29 is 4.74 Å². The van der Waals surface area contributed by atoms with Gasteiger partial charge in [-0.25, -0.2) is 0 Å². The maximum absolute atomic E-state index is 5.91. The molecule has 0 saturated carbocycles. The largest absolute Gasteiger partial charge is 0.369 e. The SMILES string of the molecule is CCC[C@@H]1OCc2c(-c3cccnc3)cccc21. The fraction of sp³-hybridized carbons (Fsp3) is 0.312. The van der Waals surface area contributed by atoms with Gasteiger partial charge < -0.3 is 4.74 Å². The summed E-state index contributed by atoms with van der Waals surface area (Å²) < 4.78 is 5.91. The molecule has 0 fully saturated rings. The zero-order valence-electron chi connectivity index (χ0n) is 10.6. The average Bonchev–Trinajstić information content (AvgIpc) is 2.84. The second kappa shape index (κ2) is 4.91. The van der Waals surface area contributed by atoms with Crippen molar-refractivity contribution in [2.45, 2.75) is 32.5 Å². The van der Waals surface area contributed by atoms with Crippen LogP contribution in [-0.2, 0) is 11.3 Å². The Bertz CT molecular complexity index is 536. The highest BCUT2D eigenvalue weighted by Gasteiger charge is 2.24. The summed E-state index contributed by atoms with van der Waals surface area (Å²) in [6.07, 6.45) is 6.26. The van der Waals surface area contributed by atoms with Crippen molar-refractivity contribution in [1.82, 2.24) is 4.98 Å². The second-order valence-electron chi connectivity index (χ2n) is 4.70. The molecule has 0 bridgehead atoms. The molecule has 0 unspecified atom stereocenters. The number of hydrogen-bond donors (Lipinski definition) is 0. The minimum absolute atomic E-state index is 0.279. The Morgan fingerprint density at radius 3 is 3.00 bits per heavy atom. The average molecular weight is 239 g/mol. The van der Waals surface area contributed by atoms with E-state index in [0.29, 0.717) is 0 Å². The Labute approximate surface area is 108 Å². The standard InChI is InChI=1S/C16H17NO/c1-2-5-16-14-8-3-7-13(15(14)11-18-16)12-6-4-9-17-10-12/h3-4,6-10,16H,2,5,11H2,1H3/t16-/m0/s1. The van der Waals surface area contributed by atoms with Crippen molar-refractivity contribution in [3.05, 3.63) is 53.9 Å². The predicted octanol–water partition coefficient (Wildman–Crippen LogP) is 4.12. The van der Waals surface area contributed by atoms with Gasteiger partial charge in [0.1, 0.15) is 0 Å². The molecule has 1 aliphatic heterocycles. The van der Waals surface area contributed by atoms with Crippen LogP contribution in [-0.4, -0.2) is 4.98 Å². The van der Waals surface area contributed by atoms with Crippen molar-refractivity contribution in [3.8, 4) is 11.1 Å². The first-order valence-electron chi connectivity index (χ1n) is 6.54. The molecule has 0 saturated heterocycles. The van der Waals surface area contributed by atoms with Gasteiger partial charge in [0.25, 0.3) is 0 Å². The minimum Gasteiger partial charge on any atom is -0.369 e. The molecule has 0 radical (unpaired) electrons. The van der Waals surface area contributed by atoms with Crippen LogP contribution in [0.1, 0.15) is 37.0 Å². The van der Waals surface area contributed by atoms with Gasteiger partial charge in [0.05, 0.1) is 12.7 Å². The second-order valence-corrected chi connectivity index (χ2v) is 4.70. The molecule has 0 N–H and O–H groups in total. The molecule has 2 nitrogen and oxygen atoms in total.